The van der Waals surface area contributed by atoms with Crippen LogP contribution in [0.2, 0.25) is 0 Å². The Morgan fingerprint density at radius 1 is 0.318 bits per heavy atom. The van der Waals surface area contributed by atoms with Gasteiger partial charge in [-0.1, -0.05) is 227 Å². The van der Waals surface area contributed by atoms with Gasteiger partial charge in [0.25, 0.3) is 0 Å². The highest BCUT2D eigenvalue weighted by molar-refractivity contribution is 5.71. The molecule has 0 N–H and O–H groups in total. The molecule has 1 atom stereocenters. The van der Waals surface area contributed by atoms with Crippen LogP contribution in [-0.2, 0) is 28.6 Å². The molecule has 0 radical (unpaired) electrons. The average Bonchev–Trinajstić information content (AvgIpc) is 3.31. The van der Waals surface area contributed by atoms with Crippen molar-refractivity contribution in [3.8, 4) is 0 Å². The first kappa shape index (κ1) is 62.3. The van der Waals surface area contributed by atoms with Gasteiger partial charge < -0.3 is 14.2 Å². The van der Waals surface area contributed by atoms with Crippen LogP contribution >= 0.6 is 0 Å². The van der Waals surface area contributed by atoms with Gasteiger partial charge in [-0.15, -0.1) is 0 Å². The van der Waals surface area contributed by atoms with Crippen LogP contribution in [0.25, 0.3) is 0 Å². The molecule has 0 saturated carbocycles. The van der Waals surface area contributed by atoms with Crippen molar-refractivity contribution < 1.29 is 28.6 Å². The van der Waals surface area contributed by atoms with E-state index in [4.69, 9.17) is 14.2 Å². The molecule has 6 heteroatoms. The quantitative estimate of drug-likeness (QED) is 0.0262. The molecule has 6 nitrogen and oxygen atoms in total. The summed E-state index contributed by atoms with van der Waals surface area (Å²) in [6.45, 7) is 6.36. The van der Waals surface area contributed by atoms with Crippen LogP contribution < -0.4 is 0 Å². The Bertz CT molecular complexity index is 1330. The number of hydrogen-bond acceptors (Lipinski definition) is 6. The third-order valence-electron chi connectivity index (χ3n) is 11.3. The van der Waals surface area contributed by atoms with Gasteiger partial charge in [-0.2, -0.15) is 0 Å². The topological polar surface area (TPSA) is 78.9 Å². The smallest absolute Gasteiger partial charge is 0.306 e. The van der Waals surface area contributed by atoms with Crippen molar-refractivity contribution in [1.82, 2.24) is 0 Å². The molecule has 0 saturated heterocycles. The lowest BCUT2D eigenvalue weighted by atomic mass is 10.1. The van der Waals surface area contributed by atoms with Crippen LogP contribution in [0, 0.1) is 0 Å². The van der Waals surface area contributed by atoms with Gasteiger partial charge in [0, 0.05) is 19.3 Å². The molecule has 0 amide bonds. The SMILES string of the molecule is CC/C=C\C/C=C\C/C=C\C/C=C\CCCCCCCCCCCCC(=O)OCC(COC(=O)CCCCCCCCCCCC)OC(=O)CCCC/C=C\C/C=C\C/C=C\C/C=C\CC. The van der Waals surface area contributed by atoms with Gasteiger partial charge in [0.05, 0.1) is 0 Å². The fourth-order valence-electron chi connectivity index (χ4n) is 7.31. The van der Waals surface area contributed by atoms with Gasteiger partial charge in [0.15, 0.2) is 6.10 Å². The van der Waals surface area contributed by atoms with Crippen LogP contribution in [-0.4, -0.2) is 37.2 Å². The zero-order valence-electron chi connectivity index (χ0n) is 42.9. The van der Waals surface area contributed by atoms with E-state index >= 15 is 0 Å². The average molecular weight is 917 g/mol. The summed E-state index contributed by atoms with van der Waals surface area (Å²) in [5.41, 5.74) is 0. The van der Waals surface area contributed by atoms with Gasteiger partial charge in [0.1, 0.15) is 13.2 Å². The van der Waals surface area contributed by atoms with Gasteiger partial charge in [0.2, 0.25) is 0 Å². The second kappa shape index (κ2) is 53.9. The highest BCUT2D eigenvalue weighted by Crippen LogP contribution is 2.15. The molecule has 0 bridgehead atoms. The van der Waals surface area contributed by atoms with Crippen molar-refractivity contribution >= 4 is 17.9 Å². The van der Waals surface area contributed by atoms with Crippen LogP contribution in [0.5, 0.6) is 0 Å². The van der Waals surface area contributed by atoms with E-state index in [9.17, 15) is 14.4 Å². The van der Waals surface area contributed by atoms with Crippen LogP contribution in [0.3, 0.4) is 0 Å². The molecule has 0 spiro atoms. The molecule has 0 aliphatic rings. The molecule has 0 fully saturated rings. The predicted molar refractivity (Wildman–Crippen MR) is 284 cm³/mol. The maximum Gasteiger partial charge on any atom is 0.306 e. The Labute approximate surface area is 407 Å². The van der Waals surface area contributed by atoms with E-state index in [1.54, 1.807) is 0 Å². The Hall–Kier alpha value is -3.67. The van der Waals surface area contributed by atoms with E-state index < -0.39 is 6.10 Å². The third kappa shape index (κ3) is 51.3. The van der Waals surface area contributed by atoms with Gasteiger partial charge in [-0.25, -0.2) is 0 Å². The van der Waals surface area contributed by atoms with Crippen molar-refractivity contribution in [2.24, 2.45) is 0 Å². The summed E-state index contributed by atoms with van der Waals surface area (Å²) < 4.78 is 16.8. The van der Waals surface area contributed by atoms with Crippen LogP contribution in [0.15, 0.2) is 97.2 Å². The summed E-state index contributed by atoms with van der Waals surface area (Å²) in [6, 6.07) is 0. The van der Waals surface area contributed by atoms with Crippen molar-refractivity contribution in [3.05, 3.63) is 97.2 Å². The zero-order chi connectivity index (χ0) is 47.9. The molecular weight excluding hydrogens is 817 g/mol. The molecule has 1 unspecified atom stereocenters. The summed E-state index contributed by atoms with van der Waals surface area (Å²) in [7, 11) is 0. The second-order valence-electron chi connectivity index (χ2n) is 17.7. The lowest BCUT2D eigenvalue weighted by Gasteiger charge is -2.18. The van der Waals surface area contributed by atoms with Crippen molar-refractivity contribution in [2.45, 2.75) is 252 Å². The minimum Gasteiger partial charge on any atom is -0.462 e. The number of unbranched alkanes of at least 4 members (excludes halogenated alkanes) is 21. The lowest BCUT2D eigenvalue weighted by Crippen LogP contribution is -2.30. The normalized spacial score (nSPS) is 12.8. The summed E-state index contributed by atoms with van der Waals surface area (Å²) >= 11 is 0. The van der Waals surface area contributed by atoms with Crippen molar-refractivity contribution in [3.63, 3.8) is 0 Å². The van der Waals surface area contributed by atoms with E-state index in [1.165, 1.54) is 96.3 Å². The summed E-state index contributed by atoms with van der Waals surface area (Å²) in [5.74, 6) is -0.942. The number of esters is 3. The molecule has 0 aromatic heterocycles. The molecular formula is C60H100O6. The number of ether oxygens (including phenoxy) is 3. The standard InChI is InChI=1S/C60H100O6/c1-4-7-10-13-16-19-22-24-26-27-28-29-30-31-32-33-35-36-38-41-44-47-50-53-59(62)65-56-57(55-64-58(61)52-49-46-43-40-21-18-15-12-9-6-3)66-60(63)54-51-48-45-42-39-37-34-25-23-20-17-14-11-8-5-2/h7-8,10-11,16-17,19-20,24-26,28-29,34,39,42,57H,4-6,9,12-15,18,21-23,27,30-33,35-38,40-41,43-56H2,1-3H3/b10-7-,11-8-,19-16-,20-17-,26-24-,29-28-,34-25-,42-39-. The number of carbonyl (C=O) groups excluding carboxylic acids is 3. The fraction of sp³-hybridized carbons (Fsp3) is 0.683. The summed E-state index contributed by atoms with van der Waals surface area (Å²) in [4.78, 5) is 38.0. The number of allylic oxidation sites excluding steroid dienone is 16. The highest BCUT2D eigenvalue weighted by atomic mass is 16.6. The first-order chi connectivity index (χ1) is 32.5. The molecule has 376 valence electrons. The molecule has 0 aliphatic heterocycles. The molecule has 0 heterocycles. The minimum absolute atomic E-state index is 0.0944. The Balaban J connectivity index is 4.34. The minimum atomic E-state index is -0.799. The summed E-state index contributed by atoms with van der Waals surface area (Å²) in [6.07, 6.45) is 71.2. The molecule has 0 aliphatic carbocycles. The van der Waals surface area contributed by atoms with Crippen molar-refractivity contribution in [2.75, 3.05) is 13.2 Å². The fourth-order valence-corrected chi connectivity index (χ4v) is 7.31. The van der Waals surface area contributed by atoms with E-state index in [2.05, 4.69) is 118 Å². The first-order valence-electron chi connectivity index (χ1n) is 27.2. The van der Waals surface area contributed by atoms with E-state index in [1.807, 2.05) is 0 Å². The monoisotopic (exact) mass is 917 g/mol. The zero-order valence-corrected chi connectivity index (χ0v) is 42.9. The van der Waals surface area contributed by atoms with Gasteiger partial charge in [-0.3, -0.25) is 14.4 Å². The van der Waals surface area contributed by atoms with Crippen molar-refractivity contribution in [1.29, 1.82) is 0 Å². The van der Waals surface area contributed by atoms with E-state index in [0.29, 0.717) is 19.3 Å². The second-order valence-corrected chi connectivity index (χ2v) is 17.7. The first-order valence-corrected chi connectivity index (χ1v) is 27.2. The molecule has 0 aromatic carbocycles. The van der Waals surface area contributed by atoms with Gasteiger partial charge in [-0.05, 0) is 96.3 Å². The molecule has 0 rings (SSSR count). The largest absolute Gasteiger partial charge is 0.462 e. The molecule has 0 aromatic rings. The van der Waals surface area contributed by atoms with E-state index in [0.717, 1.165) is 103 Å². The summed E-state index contributed by atoms with van der Waals surface area (Å²) in [5, 5.41) is 0. The number of rotatable bonds is 48. The molecule has 66 heavy (non-hydrogen) atoms. The third-order valence-corrected chi connectivity index (χ3v) is 11.3. The van der Waals surface area contributed by atoms with E-state index in [-0.39, 0.29) is 37.5 Å². The Kier molecular flexibility index (Phi) is 50.9. The maximum atomic E-state index is 12.8. The Morgan fingerprint density at radius 3 is 0.955 bits per heavy atom. The maximum absolute atomic E-state index is 12.8. The van der Waals surface area contributed by atoms with Crippen LogP contribution in [0.4, 0.5) is 0 Å². The predicted octanol–water partition coefficient (Wildman–Crippen LogP) is 18.1. The lowest BCUT2D eigenvalue weighted by molar-refractivity contribution is -0.167. The van der Waals surface area contributed by atoms with Gasteiger partial charge >= 0.3 is 17.9 Å². The highest BCUT2D eigenvalue weighted by Gasteiger charge is 2.19. The number of carbonyl (C=O) groups is 3. The number of hydrogen-bond donors (Lipinski definition) is 0. The Morgan fingerprint density at radius 2 is 0.591 bits per heavy atom. The van der Waals surface area contributed by atoms with Crippen LogP contribution in [0.1, 0.15) is 245 Å².